The van der Waals surface area contributed by atoms with Crippen molar-refractivity contribution in [3.8, 4) is 0 Å². The van der Waals surface area contributed by atoms with Crippen molar-refractivity contribution in [1.29, 1.82) is 0 Å². The fourth-order valence-electron chi connectivity index (χ4n) is 4.19. The molecule has 3 atom stereocenters. The van der Waals surface area contributed by atoms with Crippen LogP contribution in [0.25, 0.3) is 0 Å². The van der Waals surface area contributed by atoms with Crippen LogP contribution in [0.5, 0.6) is 0 Å². The molecule has 0 saturated carbocycles. The highest BCUT2D eigenvalue weighted by atomic mass is 35.5. The summed E-state index contributed by atoms with van der Waals surface area (Å²) in [7, 11) is 0. The highest BCUT2D eigenvalue weighted by Gasteiger charge is 2.54. The van der Waals surface area contributed by atoms with Crippen LogP contribution in [0.15, 0.2) is 12.3 Å². The van der Waals surface area contributed by atoms with E-state index in [1.165, 1.54) is 43.2 Å². The topological polar surface area (TPSA) is 24.9 Å². The number of nitrogens with zero attached hydrogens (tertiary/aromatic N) is 1. The number of hydrogen-bond acceptors (Lipinski definition) is 2. The van der Waals surface area contributed by atoms with Gasteiger partial charge in [0, 0.05) is 23.7 Å². The number of nitrogens with one attached hydrogen (secondary N) is 1. The van der Waals surface area contributed by atoms with E-state index < -0.39 is 0 Å². The van der Waals surface area contributed by atoms with Crippen LogP contribution in [-0.2, 0) is 11.8 Å². The summed E-state index contributed by atoms with van der Waals surface area (Å²) in [4.78, 5) is 4.29. The van der Waals surface area contributed by atoms with Gasteiger partial charge in [-0.25, -0.2) is 4.98 Å². The van der Waals surface area contributed by atoms with Gasteiger partial charge in [0.1, 0.15) is 5.15 Å². The van der Waals surface area contributed by atoms with Crippen LogP contribution >= 0.6 is 11.6 Å². The third-order valence-electron chi connectivity index (χ3n) is 4.85. The summed E-state index contributed by atoms with van der Waals surface area (Å²) in [5.74, 6) is 0. The van der Waals surface area contributed by atoms with Crippen molar-refractivity contribution in [2.45, 2.75) is 49.6 Å². The molecular weight excluding hydrogens is 220 g/mol. The Morgan fingerprint density at radius 2 is 2.38 bits per heavy atom. The smallest absolute Gasteiger partial charge is 0.129 e. The summed E-state index contributed by atoms with van der Waals surface area (Å²) in [6.07, 6.45) is 8.53. The molecule has 84 valence electrons. The fourth-order valence-corrected chi connectivity index (χ4v) is 4.37. The molecule has 16 heavy (non-hydrogen) atoms. The molecule has 1 N–H and O–H groups in total. The van der Waals surface area contributed by atoms with E-state index in [2.05, 4.69) is 16.4 Å². The number of rotatable bonds is 0. The van der Waals surface area contributed by atoms with Crippen molar-refractivity contribution in [1.82, 2.24) is 10.3 Å². The van der Waals surface area contributed by atoms with Gasteiger partial charge in [0.05, 0.1) is 0 Å². The van der Waals surface area contributed by atoms with Gasteiger partial charge in [-0.1, -0.05) is 11.6 Å². The first kappa shape index (κ1) is 9.43. The molecule has 2 fully saturated rings. The first-order valence-electron chi connectivity index (χ1n) is 6.19. The second kappa shape index (κ2) is 2.99. The van der Waals surface area contributed by atoms with Crippen LogP contribution in [0, 0.1) is 0 Å². The molecule has 0 amide bonds. The van der Waals surface area contributed by atoms with Gasteiger partial charge in [0.2, 0.25) is 0 Å². The summed E-state index contributed by atoms with van der Waals surface area (Å²) in [6, 6.07) is 3.52. The van der Waals surface area contributed by atoms with E-state index in [0.29, 0.717) is 16.6 Å². The predicted octanol–water partition coefficient (Wildman–Crippen LogP) is 2.44. The number of hydrogen-bond donors (Lipinski definition) is 1. The maximum atomic E-state index is 5.97. The third kappa shape index (κ3) is 1.05. The number of pyridine rings is 1. The Morgan fingerprint density at radius 3 is 3.12 bits per heavy atom. The summed E-state index contributed by atoms with van der Waals surface area (Å²) < 4.78 is 0. The minimum absolute atomic E-state index is 0.399. The molecule has 1 spiro atoms. The summed E-state index contributed by atoms with van der Waals surface area (Å²) in [6.45, 7) is 0. The van der Waals surface area contributed by atoms with Gasteiger partial charge in [-0.15, -0.1) is 0 Å². The van der Waals surface area contributed by atoms with E-state index in [0.717, 1.165) is 6.04 Å². The molecule has 1 aromatic rings. The van der Waals surface area contributed by atoms with E-state index in [1.54, 1.807) is 0 Å². The average Bonchev–Trinajstić information content (AvgIpc) is 2.94. The zero-order chi connectivity index (χ0) is 10.8. The Labute approximate surface area is 100 Å². The van der Waals surface area contributed by atoms with E-state index in [9.17, 15) is 0 Å². The quantitative estimate of drug-likeness (QED) is 0.698. The van der Waals surface area contributed by atoms with Gasteiger partial charge in [-0.3, -0.25) is 0 Å². The Bertz CT molecular complexity index is 459. The van der Waals surface area contributed by atoms with Crippen LogP contribution in [0.4, 0.5) is 0 Å². The molecule has 0 radical (unpaired) electrons. The van der Waals surface area contributed by atoms with Crippen molar-refractivity contribution in [3.63, 3.8) is 0 Å². The van der Waals surface area contributed by atoms with Gasteiger partial charge in [-0.2, -0.15) is 0 Å². The molecule has 1 aliphatic carbocycles. The van der Waals surface area contributed by atoms with Crippen molar-refractivity contribution in [2.75, 3.05) is 0 Å². The van der Waals surface area contributed by atoms with Gasteiger partial charge in [0.15, 0.2) is 0 Å². The molecule has 2 aliphatic heterocycles. The highest BCUT2D eigenvalue weighted by molar-refractivity contribution is 6.29. The molecule has 1 aromatic heterocycles. The lowest BCUT2D eigenvalue weighted by Gasteiger charge is -2.33. The number of fused-ring (bicyclic) bond motifs is 5. The summed E-state index contributed by atoms with van der Waals surface area (Å²) >= 11 is 5.97. The van der Waals surface area contributed by atoms with E-state index in [4.69, 9.17) is 11.6 Å². The van der Waals surface area contributed by atoms with Crippen LogP contribution in [0.2, 0.25) is 5.15 Å². The van der Waals surface area contributed by atoms with Gasteiger partial charge < -0.3 is 5.32 Å². The minimum Gasteiger partial charge on any atom is -0.310 e. The third-order valence-corrected chi connectivity index (χ3v) is 5.06. The molecule has 3 heteroatoms. The maximum absolute atomic E-state index is 5.97. The van der Waals surface area contributed by atoms with E-state index in [1.807, 2.05) is 6.20 Å². The Balaban J connectivity index is 1.84. The number of aryl methyl sites for hydroxylation is 1. The van der Waals surface area contributed by atoms with Crippen molar-refractivity contribution >= 4 is 11.6 Å². The Kier molecular flexibility index (Phi) is 1.76. The lowest BCUT2D eigenvalue weighted by Crippen LogP contribution is -2.37. The molecule has 4 rings (SSSR count). The second-order valence-electron chi connectivity index (χ2n) is 5.52. The average molecular weight is 235 g/mol. The first-order chi connectivity index (χ1) is 7.78. The van der Waals surface area contributed by atoms with E-state index in [-0.39, 0.29) is 0 Å². The molecule has 0 aromatic carbocycles. The summed E-state index contributed by atoms with van der Waals surface area (Å²) in [5, 5.41) is 4.40. The Morgan fingerprint density at radius 1 is 1.44 bits per heavy atom. The highest BCUT2D eigenvalue weighted by Crippen LogP contribution is 2.52. The number of halogens is 1. The SMILES string of the molecule is Clc1cc2c(cn1)[C@]1(CC2)C[C@@H]2CC[C@H]1N2. The first-order valence-corrected chi connectivity index (χ1v) is 6.57. The van der Waals surface area contributed by atoms with Crippen LogP contribution in [0.1, 0.15) is 36.8 Å². The van der Waals surface area contributed by atoms with Crippen molar-refractivity contribution < 1.29 is 0 Å². The normalized spacial score (nSPS) is 39.6. The summed E-state index contributed by atoms with van der Waals surface area (Å²) in [5.41, 5.74) is 3.32. The largest absolute Gasteiger partial charge is 0.310 e. The predicted molar refractivity (Wildman–Crippen MR) is 63.8 cm³/mol. The molecule has 2 nitrogen and oxygen atoms in total. The lowest BCUT2D eigenvalue weighted by atomic mass is 9.70. The van der Waals surface area contributed by atoms with Crippen LogP contribution in [0.3, 0.4) is 0 Å². The molecule has 2 saturated heterocycles. The molecule has 2 bridgehead atoms. The Hall–Kier alpha value is -0.600. The maximum Gasteiger partial charge on any atom is 0.129 e. The van der Waals surface area contributed by atoms with Gasteiger partial charge in [0.25, 0.3) is 0 Å². The zero-order valence-electron chi connectivity index (χ0n) is 9.17. The number of aromatic nitrogens is 1. The fraction of sp³-hybridized carbons (Fsp3) is 0.615. The molecule has 0 unspecified atom stereocenters. The molecule has 3 heterocycles. The zero-order valence-corrected chi connectivity index (χ0v) is 9.93. The standard InChI is InChI=1S/C13H15ClN2/c14-12-5-8-3-4-13(10(8)7-15-12)6-9-1-2-11(13)16-9/h5,7,9,11,16H,1-4,6H2/t9-,11+,13-/m0/s1. The van der Waals surface area contributed by atoms with Crippen molar-refractivity contribution in [2.24, 2.45) is 0 Å². The van der Waals surface area contributed by atoms with Crippen molar-refractivity contribution in [3.05, 3.63) is 28.5 Å². The van der Waals surface area contributed by atoms with E-state index >= 15 is 0 Å². The molecular formula is C13H15ClN2. The van der Waals surface area contributed by atoms with Gasteiger partial charge >= 0.3 is 0 Å². The molecule has 3 aliphatic rings. The second-order valence-corrected chi connectivity index (χ2v) is 5.91. The minimum atomic E-state index is 0.399. The lowest BCUT2D eigenvalue weighted by molar-refractivity contribution is 0.329. The monoisotopic (exact) mass is 234 g/mol. The van der Waals surface area contributed by atoms with Crippen LogP contribution in [-0.4, -0.2) is 17.1 Å². The van der Waals surface area contributed by atoms with Gasteiger partial charge in [-0.05, 0) is 49.3 Å². The van der Waals surface area contributed by atoms with Crippen LogP contribution < -0.4 is 5.32 Å².